The summed E-state index contributed by atoms with van der Waals surface area (Å²) < 4.78 is 0.903. The van der Waals surface area contributed by atoms with Gasteiger partial charge in [-0.05, 0) is 52.9 Å². The molecule has 1 aliphatic carbocycles. The van der Waals surface area contributed by atoms with E-state index in [0.29, 0.717) is 5.69 Å². The zero-order chi connectivity index (χ0) is 12.5. The van der Waals surface area contributed by atoms with Gasteiger partial charge in [0.05, 0.1) is 12.2 Å². The number of anilines is 2. The van der Waals surface area contributed by atoms with Crippen molar-refractivity contribution in [2.45, 2.75) is 25.8 Å². The fraction of sp³-hybridized carbons (Fsp3) is 0.308. The minimum absolute atomic E-state index is 0.675. The van der Waals surface area contributed by atoms with Crippen molar-refractivity contribution in [3.8, 4) is 0 Å². The predicted molar refractivity (Wildman–Crippen MR) is 80.0 cm³/mol. The first-order chi connectivity index (χ1) is 8.72. The standard InChI is InChI=1S/C13H14BrN3S/c14-9-5-11(15)13(16-6-9)17-7-10-4-8-2-1-3-12(8)18-10/h4-6H,1-3,7,15H2,(H,16,17). The monoisotopic (exact) mass is 323 g/mol. The number of thiophene rings is 1. The molecule has 0 saturated heterocycles. The van der Waals surface area contributed by atoms with Crippen LogP contribution in [0.1, 0.15) is 21.7 Å². The topological polar surface area (TPSA) is 50.9 Å². The molecule has 94 valence electrons. The van der Waals surface area contributed by atoms with Gasteiger partial charge < -0.3 is 11.1 Å². The van der Waals surface area contributed by atoms with E-state index in [9.17, 15) is 0 Å². The van der Waals surface area contributed by atoms with Gasteiger partial charge in [-0.15, -0.1) is 11.3 Å². The molecule has 0 aliphatic heterocycles. The van der Waals surface area contributed by atoms with Crippen molar-refractivity contribution in [1.29, 1.82) is 0 Å². The maximum absolute atomic E-state index is 5.91. The van der Waals surface area contributed by atoms with E-state index < -0.39 is 0 Å². The van der Waals surface area contributed by atoms with Crippen molar-refractivity contribution in [1.82, 2.24) is 4.98 Å². The highest BCUT2D eigenvalue weighted by molar-refractivity contribution is 9.10. The molecule has 0 saturated carbocycles. The predicted octanol–water partition coefficient (Wildman–Crippen LogP) is 3.59. The van der Waals surface area contributed by atoms with Crippen LogP contribution in [0.25, 0.3) is 0 Å². The first-order valence-electron chi connectivity index (χ1n) is 5.98. The number of hydrogen-bond acceptors (Lipinski definition) is 4. The van der Waals surface area contributed by atoms with Crippen molar-refractivity contribution in [2.75, 3.05) is 11.1 Å². The Morgan fingerprint density at radius 2 is 2.28 bits per heavy atom. The molecule has 0 fully saturated rings. The molecule has 0 aromatic carbocycles. The van der Waals surface area contributed by atoms with Crippen molar-refractivity contribution in [2.24, 2.45) is 0 Å². The minimum Gasteiger partial charge on any atom is -0.396 e. The lowest BCUT2D eigenvalue weighted by atomic mass is 10.2. The van der Waals surface area contributed by atoms with Crippen LogP contribution in [0.4, 0.5) is 11.5 Å². The number of nitrogens with zero attached hydrogens (tertiary/aromatic N) is 1. The number of fused-ring (bicyclic) bond motifs is 1. The van der Waals surface area contributed by atoms with E-state index in [4.69, 9.17) is 5.73 Å². The lowest BCUT2D eigenvalue weighted by Crippen LogP contribution is -2.03. The molecular formula is C13H14BrN3S. The third kappa shape index (κ3) is 2.37. The normalized spacial score (nSPS) is 13.6. The summed E-state index contributed by atoms with van der Waals surface area (Å²) in [5.41, 5.74) is 8.12. The molecule has 1 aliphatic rings. The third-order valence-electron chi connectivity index (χ3n) is 3.11. The van der Waals surface area contributed by atoms with Gasteiger partial charge in [0, 0.05) is 20.4 Å². The molecule has 3 N–H and O–H groups in total. The maximum Gasteiger partial charge on any atom is 0.149 e. The van der Waals surface area contributed by atoms with E-state index in [2.05, 4.69) is 32.3 Å². The Morgan fingerprint density at radius 1 is 1.39 bits per heavy atom. The second-order valence-corrected chi connectivity index (χ2v) is 6.60. The lowest BCUT2D eigenvalue weighted by molar-refractivity contribution is 0.913. The van der Waals surface area contributed by atoms with Gasteiger partial charge in [0.25, 0.3) is 0 Å². The number of nitrogens with one attached hydrogen (secondary N) is 1. The summed E-state index contributed by atoms with van der Waals surface area (Å²) in [6, 6.07) is 4.18. The van der Waals surface area contributed by atoms with Crippen LogP contribution >= 0.6 is 27.3 Å². The van der Waals surface area contributed by atoms with Crippen LogP contribution < -0.4 is 11.1 Å². The molecule has 0 unspecified atom stereocenters. The molecule has 18 heavy (non-hydrogen) atoms. The summed E-state index contributed by atoms with van der Waals surface area (Å²) in [7, 11) is 0. The SMILES string of the molecule is Nc1cc(Br)cnc1NCc1cc2c(s1)CCC2. The summed E-state index contributed by atoms with van der Waals surface area (Å²) in [6.45, 7) is 0.802. The van der Waals surface area contributed by atoms with Gasteiger partial charge in [-0.2, -0.15) is 0 Å². The van der Waals surface area contributed by atoms with Crippen LogP contribution in [0.3, 0.4) is 0 Å². The molecule has 3 nitrogen and oxygen atoms in total. The van der Waals surface area contributed by atoms with Crippen molar-refractivity contribution in [3.05, 3.63) is 38.1 Å². The second-order valence-electron chi connectivity index (χ2n) is 4.46. The Bertz CT molecular complexity index is 558. The van der Waals surface area contributed by atoms with Crippen molar-refractivity contribution >= 4 is 38.8 Å². The van der Waals surface area contributed by atoms with Gasteiger partial charge >= 0.3 is 0 Å². The number of aromatic nitrogens is 1. The van der Waals surface area contributed by atoms with Crippen LogP contribution in [-0.2, 0) is 19.4 Å². The third-order valence-corrected chi connectivity index (χ3v) is 4.78. The fourth-order valence-corrected chi connectivity index (χ4v) is 3.80. The summed E-state index contributed by atoms with van der Waals surface area (Å²) in [6.07, 6.45) is 5.56. The fourth-order valence-electron chi connectivity index (χ4n) is 2.25. The first kappa shape index (κ1) is 12.0. The van der Waals surface area contributed by atoms with Gasteiger partial charge in [-0.3, -0.25) is 0 Å². The molecular weight excluding hydrogens is 310 g/mol. The highest BCUT2D eigenvalue weighted by Gasteiger charge is 2.14. The first-order valence-corrected chi connectivity index (χ1v) is 7.58. The van der Waals surface area contributed by atoms with E-state index in [-0.39, 0.29) is 0 Å². The Labute approximate surface area is 119 Å². The largest absolute Gasteiger partial charge is 0.396 e. The molecule has 2 heterocycles. The number of rotatable bonds is 3. The number of halogens is 1. The average Bonchev–Trinajstić information content (AvgIpc) is 2.88. The number of aryl methyl sites for hydroxylation is 2. The van der Waals surface area contributed by atoms with Crippen LogP contribution in [0.5, 0.6) is 0 Å². The smallest absolute Gasteiger partial charge is 0.149 e. The van der Waals surface area contributed by atoms with E-state index in [0.717, 1.165) is 16.8 Å². The quantitative estimate of drug-likeness (QED) is 0.907. The molecule has 2 aromatic heterocycles. The van der Waals surface area contributed by atoms with Crippen LogP contribution in [0.2, 0.25) is 0 Å². The number of pyridine rings is 1. The summed E-state index contributed by atoms with van der Waals surface area (Å²) >= 11 is 5.26. The van der Waals surface area contributed by atoms with Crippen LogP contribution in [0, 0.1) is 0 Å². The Kier molecular flexibility index (Phi) is 3.26. The lowest BCUT2D eigenvalue weighted by Gasteiger charge is -2.07. The van der Waals surface area contributed by atoms with Crippen molar-refractivity contribution in [3.63, 3.8) is 0 Å². The van der Waals surface area contributed by atoms with E-state index in [1.807, 2.05) is 17.4 Å². The number of nitrogens with two attached hydrogens (primary N) is 1. The summed E-state index contributed by atoms with van der Waals surface area (Å²) in [5.74, 6) is 0.756. The Balaban J connectivity index is 1.70. The zero-order valence-corrected chi connectivity index (χ0v) is 12.3. The molecule has 0 amide bonds. The molecule has 5 heteroatoms. The van der Waals surface area contributed by atoms with Gasteiger partial charge in [0.2, 0.25) is 0 Å². The van der Waals surface area contributed by atoms with Crippen molar-refractivity contribution < 1.29 is 0 Å². The molecule has 3 rings (SSSR count). The van der Waals surface area contributed by atoms with Gasteiger partial charge in [0.15, 0.2) is 0 Å². The van der Waals surface area contributed by atoms with E-state index >= 15 is 0 Å². The molecule has 0 radical (unpaired) electrons. The van der Waals surface area contributed by atoms with Crippen LogP contribution in [0.15, 0.2) is 22.8 Å². The Morgan fingerprint density at radius 3 is 3.06 bits per heavy atom. The number of nitrogen functional groups attached to an aromatic ring is 1. The zero-order valence-electron chi connectivity index (χ0n) is 9.87. The average molecular weight is 324 g/mol. The van der Waals surface area contributed by atoms with E-state index in [1.54, 1.807) is 11.1 Å². The maximum atomic E-state index is 5.91. The summed E-state index contributed by atoms with van der Waals surface area (Å²) in [5, 5.41) is 3.30. The molecule has 0 bridgehead atoms. The van der Waals surface area contributed by atoms with Gasteiger partial charge in [0.1, 0.15) is 5.82 Å². The van der Waals surface area contributed by atoms with Gasteiger partial charge in [-0.25, -0.2) is 4.98 Å². The molecule has 0 atom stereocenters. The minimum atomic E-state index is 0.675. The summed E-state index contributed by atoms with van der Waals surface area (Å²) in [4.78, 5) is 7.20. The van der Waals surface area contributed by atoms with Gasteiger partial charge in [-0.1, -0.05) is 0 Å². The molecule has 2 aromatic rings. The highest BCUT2D eigenvalue weighted by atomic mass is 79.9. The number of hydrogen-bond donors (Lipinski definition) is 2. The second kappa shape index (κ2) is 4.90. The Hall–Kier alpha value is -1.07. The molecule has 0 spiro atoms. The van der Waals surface area contributed by atoms with E-state index in [1.165, 1.54) is 29.7 Å². The highest BCUT2D eigenvalue weighted by Crippen LogP contribution is 2.31. The van der Waals surface area contributed by atoms with Crippen LogP contribution in [-0.4, -0.2) is 4.98 Å².